The second-order valence-corrected chi connectivity index (χ2v) is 11.4. The van der Waals surface area contributed by atoms with Crippen LogP contribution >= 0.6 is 0 Å². The van der Waals surface area contributed by atoms with Gasteiger partial charge in [-0.2, -0.15) is 0 Å². The lowest BCUT2D eigenvalue weighted by molar-refractivity contribution is -0.535. The summed E-state index contributed by atoms with van der Waals surface area (Å²) in [5, 5.41) is 35.4. The van der Waals surface area contributed by atoms with Crippen LogP contribution in [0.4, 0.5) is 28.4 Å². The molecule has 206 valence electrons. The van der Waals surface area contributed by atoms with Crippen LogP contribution in [0, 0.1) is 0 Å². The number of nitrogens with zero attached hydrogens (tertiary/aromatic N) is 1. The molecule has 0 amide bonds. The first kappa shape index (κ1) is 25.3. The van der Waals surface area contributed by atoms with E-state index in [4.69, 9.17) is 22.9 Å². The van der Waals surface area contributed by atoms with Gasteiger partial charge < -0.3 is 38.0 Å². The van der Waals surface area contributed by atoms with Crippen LogP contribution in [0.5, 0.6) is 0 Å². The van der Waals surface area contributed by atoms with E-state index in [0.29, 0.717) is 44.6 Å². The van der Waals surface area contributed by atoms with Gasteiger partial charge in [0.2, 0.25) is 0 Å². The minimum Gasteiger partial charge on any atom is -0.851 e. The molecule has 8 N–H and O–H groups in total. The summed E-state index contributed by atoms with van der Waals surface area (Å²) < 4.78 is 0. The first-order valence-corrected chi connectivity index (χ1v) is 13.7. The highest BCUT2D eigenvalue weighted by Crippen LogP contribution is 2.55. The summed E-state index contributed by atoms with van der Waals surface area (Å²) in [6.07, 6.45) is -2.53. The van der Waals surface area contributed by atoms with Crippen molar-refractivity contribution in [3.63, 3.8) is 0 Å². The molecule has 1 aliphatic rings. The molecule has 0 aromatic heterocycles. The van der Waals surface area contributed by atoms with Crippen LogP contribution in [0.3, 0.4) is 0 Å². The molecule has 0 bridgehead atoms. The zero-order valence-electron chi connectivity index (χ0n) is 22.9. The van der Waals surface area contributed by atoms with Gasteiger partial charge in [0, 0.05) is 69.2 Å². The Balaban J connectivity index is 1.53. The number of benzene rings is 6. The van der Waals surface area contributed by atoms with E-state index in [-0.39, 0.29) is 0 Å². The lowest BCUT2D eigenvalue weighted by Crippen LogP contribution is -2.63. The lowest BCUT2D eigenvalue weighted by atomic mass is 9.60. The fraction of sp³-hybridized carbons (Fsp3) is 0.176. The van der Waals surface area contributed by atoms with E-state index in [9.17, 15) is 10.2 Å². The van der Waals surface area contributed by atoms with Gasteiger partial charge in [-0.25, -0.2) is 0 Å². The monoisotopic (exact) mass is 541 g/mol. The molecule has 2 unspecified atom stereocenters. The lowest BCUT2D eigenvalue weighted by Gasteiger charge is -2.62. The number of fused-ring (bicyclic) bond motifs is 4. The van der Waals surface area contributed by atoms with Gasteiger partial charge in [-0.15, -0.1) is 12.2 Å². The number of anilines is 5. The van der Waals surface area contributed by atoms with Crippen molar-refractivity contribution in [3.05, 3.63) is 90.0 Å². The first-order valence-electron chi connectivity index (χ1n) is 13.7. The Morgan fingerprint density at radius 2 is 0.902 bits per heavy atom. The molecule has 7 nitrogen and oxygen atoms in total. The number of hydrogen-bond acceptors (Lipinski definition) is 7. The van der Waals surface area contributed by atoms with Crippen molar-refractivity contribution in [2.75, 3.05) is 41.9 Å². The van der Waals surface area contributed by atoms with E-state index in [1.54, 1.807) is 12.1 Å². The van der Waals surface area contributed by atoms with Gasteiger partial charge in [-0.1, -0.05) is 48.5 Å². The van der Waals surface area contributed by atoms with Gasteiger partial charge in [0.25, 0.3) is 0 Å². The average molecular weight is 542 g/mol. The molecular weight excluding hydrogens is 510 g/mol. The third kappa shape index (κ3) is 3.40. The quantitative estimate of drug-likeness (QED) is 0.195. The summed E-state index contributed by atoms with van der Waals surface area (Å²) in [4.78, 5) is 2.02. The van der Waals surface area contributed by atoms with E-state index in [2.05, 4.69) is 0 Å². The van der Waals surface area contributed by atoms with Gasteiger partial charge in [-0.3, -0.25) is 0 Å². The predicted molar refractivity (Wildman–Crippen MR) is 168 cm³/mol. The summed E-state index contributed by atoms with van der Waals surface area (Å²) in [6.45, 7) is 0. The van der Waals surface area contributed by atoms with Crippen LogP contribution in [0.25, 0.3) is 43.1 Å². The minimum absolute atomic E-state index is 0.512. The molecule has 6 aromatic carbocycles. The van der Waals surface area contributed by atoms with Crippen LogP contribution in [-0.2, 0) is 0 Å². The highest BCUT2D eigenvalue weighted by atomic mass is 16.3. The standard InChI is InChI=1S/C34H31N5O2/c1-39(2)32-18-9-5-13-22(37)26(18)29(27-19(32)10-6-14-23(27)38)31-33(40)30(34(31)41)28-24-16(7-3-11-20(24)35)15-17-8-4-12-21(36)25(17)28/h3-15,30-31,33-34H,35-38H2,1-2H3/q-2. The van der Waals surface area contributed by atoms with Gasteiger partial charge in [-0.05, 0) is 64.1 Å². The predicted octanol–water partition coefficient (Wildman–Crippen LogP) is 4.03. The fourth-order valence-electron chi connectivity index (χ4n) is 7.22. The fourth-order valence-corrected chi connectivity index (χ4v) is 7.22. The summed E-state index contributed by atoms with van der Waals surface area (Å²) in [5.41, 5.74) is 30.5. The molecule has 6 aromatic rings. The molecule has 7 rings (SSSR count). The zero-order chi connectivity index (χ0) is 28.7. The Bertz CT molecular complexity index is 1900. The molecular formula is C34H31N5O2-2. The molecule has 2 atom stereocenters. The number of nitrogen functional groups attached to an aromatic ring is 4. The highest BCUT2D eigenvalue weighted by molar-refractivity contribution is 6.20. The maximum Gasteiger partial charge on any atom is 0.0522 e. The van der Waals surface area contributed by atoms with Crippen LogP contribution in [0.15, 0.2) is 78.9 Å². The third-order valence-electron chi connectivity index (χ3n) is 8.88. The molecule has 1 fully saturated rings. The van der Waals surface area contributed by atoms with E-state index < -0.39 is 24.0 Å². The van der Waals surface area contributed by atoms with Crippen molar-refractivity contribution < 1.29 is 10.2 Å². The number of hydrogen-bond donors (Lipinski definition) is 4. The topological polar surface area (TPSA) is 153 Å². The molecule has 1 saturated carbocycles. The van der Waals surface area contributed by atoms with Crippen LogP contribution in [0.2, 0.25) is 0 Å². The van der Waals surface area contributed by atoms with Crippen LogP contribution < -0.4 is 38.0 Å². The minimum atomic E-state index is -1.26. The summed E-state index contributed by atoms with van der Waals surface area (Å²) in [6, 6.07) is 24.7. The SMILES string of the molecule is CN(C)c1c2cccc(N)c2c(C2C([O-])C(c3c4c(N)cccc4cc4cccc(N)c34)C2[O-])c2c(N)cccc12. The van der Waals surface area contributed by atoms with Crippen molar-refractivity contribution in [1.29, 1.82) is 0 Å². The van der Waals surface area contributed by atoms with Gasteiger partial charge in [0.05, 0.1) is 5.69 Å². The van der Waals surface area contributed by atoms with E-state index in [1.165, 1.54) is 0 Å². The first-order chi connectivity index (χ1) is 19.7. The van der Waals surface area contributed by atoms with Crippen LogP contribution in [0.1, 0.15) is 23.0 Å². The molecule has 41 heavy (non-hydrogen) atoms. The summed E-state index contributed by atoms with van der Waals surface area (Å²) in [5.74, 6) is -1.72. The largest absolute Gasteiger partial charge is 0.851 e. The van der Waals surface area contributed by atoms with Crippen molar-refractivity contribution in [3.8, 4) is 0 Å². The Kier molecular flexibility index (Phi) is 5.48. The molecule has 0 aliphatic heterocycles. The summed E-state index contributed by atoms with van der Waals surface area (Å²) >= 11 is 0. The van der Waals surface area contributed by atoms with Crippen molar-refractivity contribution in [2.24, 2.45) is 0 Å². The third-order valence-corrected chi connectivity index (χ3v) is 8.88. The molecule has 0 spiro atoms. The Morgan fingerprint density at radius 1 is 0.537 bits per heavy atom. The molecule has 1 aliphatic carbocycles. The highest BCUT2D eigenvalue weighted by Gasteiger charge is 2.42. The van der Waals surface area contributed by atoms with Gasteiger partial charge >= 0.3 is 0 Å². The van der Waals surface area contributed by atoms with Crippen molar-refractivity contribution in [1.82, 2.24) is 0 Å². The van der Waals surface area contributed by atoms with Gasteiger partial charge in [0.15, 0.2) is 0 Å². The van der Waals surface area contributed by atoms with Crippen molar-refractivity contribution in [2.45, 2.75) is 24.0 Å². The molecule has 7 heteroatoms. The number of nitrogens with two attached hydrogens (primary N) is 4. The van der Waals surface area contributed by atoms with E-state index in [1.807, 2.05) is 85.7 Å². The average Bonchev–Trinajstić information content (AvgIpc) is 2.93. The second-order valence-electron chi connectivity index (χ2n) is 11.4. The zero-order valence-corrected chi connectivity index (χ0v) is 22.9. The Morgan fingerprint density at radius 3 is 1.32 bits per heavy atom. The number of rotatable bonds is 3. The van der Waals surface area contributed by atoms with Crippen molar-refractivity contribution >= 4 is 71.5 Å². The second kappa shape index (κ2) is 8.89. The maximum absolute atomic E-state index is 14.5. The smallest absolute Gasteiger partial charge is 0.0522 e. The Labute approximate surface area is 237 Å². The van der Waals surface area contributed by atoms with Crippen LogP contribution in [-0.4, -0.2) is 26.3 Å². The van der Waals surface area contributed by atoms with E-state index >= 15 is 0 Å². The summed E-state index contributed by atoms with van der Waals surface area (Å²) in [7, 11) is 3.93. The Hall–Kier alpha value is -4.72. The molecule has 0 radical (unpaired) electrons. The molecule has 0 heterocycles. The van der Waals surface area contributed by atoms with Gasteiger partial charge in [0.1, 0.15) is 0 Å². The maximum atomic E-state index is 14.5. The van der Waals surface area contributed by atoms with E-state index in [0.717, 1.165) is 38.0 Å². The normalized spacial score (nSPS) is 20.6. The molecule has 0 saturated heterocycles.